The Morgan fingerprint density at radius 2 is 1.84 bits per heavy atom. The molecule has 1 heterocycles. The van der Waals surface area contributed by atoms with Crippen molar-refractivity contribution in [2.75, 3.05) is 17.7 Å². The molecule has 1 atom stereocenters. The number of nitrogens with zero attached hydrogens (tertiary/aromatic N) is 3. The standard InChI is InChI=1S/C13H23N5O/c1-8(2)19-13-17-11(14-4)16-12(18-13)15-9(3)7-10-5-6-10/h8-10H,5-7H2,1-4H3,(H2,14,15,16,17,18). The first-order valence-electron chi connectivity index (χ1n) is 6.94. The lowest BCUT2D eigenvalue weighted by atomic mass is 10.2. The first-order chi connectivity index (χ1) is 9.06. The van der Waals surface area contributed by atoms with E-state index in [9.17, 15) is 0 Å². The van der Waals surface area contributed by atoms with Crippen LogP contribution in [-0.4, -0.2) is 34.1 Å². The van der Waals surface area contributed by atoms with Gasteiger partial charge >= 0.3 is 6.01 Å². The largest absolute Gasteiger partial charge is 0.461 e. The van der Waals surface area contributed by atoms with E-state index in [0.717, 1.165) is 5.92 Å². The predicted octanol–water partition coefficient (Wildman–Crippen LogP) is 2.30. The van der Waals surface area contributed by atoms with Crippen molar-refractivity contribution < 1.29 is 4.74 Å². The van der Waals surface area contributed by atoms with E-state index in [0.29, 0.717) is 23.9 Å². The normalized spacial score (nSPS) is 16.3. The molecule has 1 saturated carbocycles. The van der Waals surface area contributed by atoms with Crippen LogP contribution in [0.3, 0.4) is 0 Å². The fourth-order valence-corrected chi connectivity index (χ4v) is 1.93. The summed E-state index contributed by atoms with van der Waals surface area (Å²) in [5, 5.41) is 6.24. The molecular weight excluding hydrogens is 242 g/mol. The van der Waals surface area contributed by atoms with Crippen molar-refractivity contribution in [1.29, 1.82) is 0 Å². The summed E-state index contributed by atoms with van der Waals surface area (Å²) in [6.45, 7) is 6.06. The van der Waals surface area contributed by atoms with Gasteiger partial charge in [0.15, 0.2) is 0 Å². The Bertz CT molecular complexity index is 419. The van der Waals surface area contributed by atoms with Crippen LogP contribution in [0.2, 0.25) is 0 Å². The van der Waals surface area contributed by atoms with Gasteiger partial charge in [0.1, 0.15) is 0 Å². The van der Waals surface area contributed by atoms with Crippen molar-refractivity contribution in [3.8, 4) is 6.01 Å². The Kier molecular flexibility index (Phi) is 4.39. The van der Waals surface area contributed by atoms with E-state index >= 15 is 0 Å². The van der Waals surface area contributed by atoms with Crippen LogP contribution in [0.15, 0.2) is 0 Å². The van der Waals surface area contributed by atoms with Gasteiger partial charge in [0.25, 0.3) is 0 Å². The van der Waals surface area contributed by atoms with Gasteiger partial charge in [-0.25, -0.2) is 0 Å². The van der Waals surface area contributed by atoms with Gasteiger partial charge in [-0.05, 0) is 33.1 Å². The molecule has 0 saturated heterocycles. The molecule has 2 rings (SSSR count). The van der Waals surface area contributed by atoms with Crippen molar-refractivity contribution in [1.82, 2.24) is 15.0 Å². The van der Waals surface area contributed by atoms with Crippen molar-refractivity contribution in [3.63, 3.8) is 0 Å². The highest BCUT2D eigenvalue weighted by Gasteiger charge is 2.24. The number of hydrogen-bond acceptors (Lipinski definition) is 6. The van der Waals surface area contributed by atoms with Crippen LogP contribution < -0.4 is 15.4 Å². The third-order valence-electron chi connectivity index (χ3n) is 2.94. The third kappa shape index (κ3) is 4.54. The minimum atomic E-state index is 0.0452. The fraction of sp³-hybridized carbons (Fsp3) is 0.769. The first-order valence-corrected chi connectivity index (χ1v) is 6.94. The Morgan fingerprint density at radius 1 is 1.16 bits per heavy atom. The molecule has 1 aromatic heterocycles. The maximum absolute atomic E-state index is 5.53. The smallest absolute Gasteiger partial charge is 0.323 e. The van der Waals surface area contributed by atoms with Crippen LogP contribution >= 0.6 is 0 Å². The third-order valence-corrected chi connectivity index (χ3v) is 2.94. The second-order valence-corrected chi connectivity index (χ2v) is 5.41. The number of nitrogens with one attached hydrogen (secondary N) is 2. The highest BCUT2D eigenvalue weighted by Crippen LogP contribution is 2.33. The number of anilines is 2. The molecule has 0 aromatic carbocycles. The van der Waals surface area contributed by atoms with Crippen molar-refractivity contribution in [2.24, 2.45) is 5.92 Å². The molecule has 0 amide bonds. The van der Waals surface area contributed by atoms with E-state index < -0.39 is 0 Å². The summed E-state index contributed by atoms with van der Waals surface area (Å²) >= 11 is 0. The Morgan fingerprint density at radius 3 is 2.42 bits per heavy atom. The van der Waals surface area contributed by atoms with E-state index in [1.165, 1.54) is 19.3 Å². The molecule has 0 radical (unpaired) electrons. The van der Waals surface area contributed by atoms with E-state index in [-0.39, 0.29) is 6.10 Å². The molecule has 6 heteroatoms. The Hall–Kier alpha value is -1.59. The van der Waals surface area contributed by atoms with Crippen LogP contribution in [0.1, 0.15) is 40.0 Å². The molecule has 1 aromatic rings. The summed E-state index contributed by atoms with van der Waals surface area (Å²) in [7, 11) is 1.78. The molecular formula is C13H23N5O. The lowest BCUT2D eigenvalue weighted by Crippen LogP contribution is -2.19. The number of hydrogen-bond donors (Lipinski definition) is 2. The van der Waals surface area contributed by atoms with E-state index in [4.69, 9.17) is 4.74 Å². The highest BCUT2D eigenvalue weighted by atomic mass is 16.5. The van der Waals surface area contributed by atoms with Crippen LogP contribution in [0.5, 0.6) is 6.01 Å². The van der Waals surface area contributed by atoms with Gasteiger partial charge in [-0.3, -0.25) is 0 Å². The van der Waals surface area contributed by atoms with E-state index in [1.807, 2.05) is 13.8 Å². The summed E-state index contributed by atoms with van der Waals surface area (Å²) in [5.41, 5.74) is 0. The minimum Gasteiger partial charge on any atom is -0.461 e. The average molecular weight is 265 g/mol. The molecule has 0 spiro atoms. The summed E-state index contributed by atoms with van der Waals surface area (Å²) in [4.78, 5) is 12.8. The van der Waals surface area contributed by atoms with Gasteiger partial charge in [0, 0.05) is 13.1 Å². The molecule has 106 valence electrons. The number of ether oxygens (including phenoxy) is 1. The zero-order valence-electron chi connectivity index (χ0n) is 12.1. The SMILES string of the molecule is CNc1nc(NC(C)CC2CC2)nc(OC(C)C)n1. The van der Waals surface area contributed by atoms with Gasteiger partial charge in [0.05, 0.1) is 6.10 Å². The van der Waals surface area contributed by atoms with Gasteiger partial charge in [-0.1, -0.05) is 12.8 Å². The van der Waals surface area contributed by atoms with Crippen molar-refractivity contribution in [2.45, 2.75) is 52.2 Å². The van der Waals surface area contributed by atoms with Crippen LogP contribution in [0.4, 0.5) is 11.9 Å². The topological polar surface area (TPSA) is 72.0 Å². The fourth-order valence-electron chi connectivity index (χ4n) is 1.93. The quantitative estimate of drug-likeness (QED) is 0.788. The monoisotopic (exact) mass is 265 g/mol. The van der Waals surface area contributed by atoms with Gasteiger partial charge in [-0.2, -0.15) is 15.0 Å². The van der Waals surface area contributed by atoms with Crippen LogP contribution in [0, 0.1) is 5.92 Å². The molecule has 1 fully saturated rings. The average Bonchev–Trinajstić information content (AvgIpc) is 3.11. The molecule has 0 bridgehead atoms. The minimum absolute atomic E-state index is 0.0452. The predicted molar refractivity (Wildman–Crippen MR) is 75.6 cm³/mol. The molecule has 1 aliphatic rings. The van der Waals surface area contributed by atoms with Gasteiger partial charge < -0.3 is 15.4 Å². The van der Waals surface area contributed by atoms with Crippen molar-refractivity contribution >= 4 is 11.9 Å². The molecule has 6 nitrogen and oxygen atoms in total. The van der Waals surface area contributed by atoms with E-state index in [2.05, 4.69) is 32.5 Å². The summed E-state index contributed by atoms with van der Waals surface area (Å²) < 4.78 is 5.53. The number of rotatable bonds is 7. The lowest BCUT2D eigenvalue weighted by Gasteiger charge is -2.15. The molecule has 0 aliphatic heterocycles. The number of aromatic nitrogens is 3. The maximum Gasteiger partial charge on any atom is 0.323 e. The zero-order valence-corrected chi connectivity index (χ0v) is 12.1. The van der Waals surface area contributed by atoms with E-state index in [1.54, 1.807) is 7.05 Å². The second kappa shape index (κ2) is 6.04. The highest BCUT2D eigenvalue weighted by molar-refractivity contribution is 5.36. The van der Waals surface area contributed by atoms with Gasteiger partial charge in [-0.15, -0.1) is 0 Å². The van der Waals surface area contributed by atoms with Crippen LogP contribution in [-0.2, 0) is 0 Å². The first kappa shape index (κ1) is 13.8. The molecule has 19 heavy (non-hydrogen) atoms. The maximum atomic E-state index is 5.53. The molecule has 1 aliphatic carbocycles. The Labute approximate surface area is 114 Å². The van der Waals surface area contributed by atoms with Crippen molar-refractivity contribution in [3.05, 3.63) is 0 Å². The second-order valence-electron chi connectivity index (χ2n) is 5.41. The summed E-state index contributed by atoms with van der Waals surface area (Å²) in [6.07, 6.45) is 3.92. The lowest BCUT2D eigenvalue weighted by molar-refractivity contribution is 0.222. The molecule has 2 N–H and O–H groups in total. The van der Waals surface area contributed by atoms with Crippen LogP contribution in [0.25, 0.3) is 0 Å². The summed E-state index contributed by atoms with van der Waals surface area (Å²) in [6, 6.07) is 0.724. The summed E-state index contributed by atoms with van der Waals surface area (Å²) in [5.74, 6) is 1.97. The van der Waals surface area contributed by atoms with Gasteiger partial charge in [0.2, 0.25) is 11.9 Å². The zero-order chi connectivity index (χ0) is 13.8. The molecule has 1 unspecified atom stereocenters. The Balaban J connectivity index is 2.04.